The zero-order valence-corrected chi connectivity index (χ0v) is 10.6. The fourth-order valence-electron chi connectivity index (χ4n) is 1.90. The van der Waals surface area contributed by atoms with E-state index in [-0.39, 0.29) is 17.7 Å². The average molecular weight is 254 g/mol. The van der Waals surface area contributed by atoms with E-state index in [1.54, 1.807) is 12.1 Å². The van der Waals surface area contributed by atoms with Crippen molar-refractivity contribution in [3.8, 4) is 5.75 Å². The summed E-state index contributed by atoms with van der Waals surface area (Å²) < 4.78 is 0. The van der Waals surface area contributed by atoms with E-state index in [9.17, 15) is 14.7 Å². The number of aryl methyl sites for hydroxylation is 1. The molecule has 0 unspecified atom stereocenters. The Balaban J connectivity index is 2.17. The van der Waals surface area contributed by atoms with Crippen LogP contribution in [0.4, 0.5) is 0 Å². The fourth-order valence-corrected chi connectivity index (χ4v) is 1.90. The van der Waals surface area contributed by atoms with Crippen molar-refractivity contribution >= 4 is 11.6 Å². The van der Waals surface area contributed by atoms with E-state index in [4.69, 9.17) is 0 Å². The zero-order chi connectivity index (χ0) is 13.8. The molecule has 0 atom stereocenters. The van der Waals surface area contributed by atoms with Crippen molar-refractivity contribution in [1.82, 2.24) is 0 Å². The fraction of sp³-hybridized carbons (Fsp3) is 0.125. The molecule has 2 rings (SSSR count). The summed E-state index contributed by atoms with van der Waals surface area (Å²) in [4.78, 5) is 23.9. The summed E-state index contributed by atoms with van der Waals surface area (Å²) in [5.74, 6) is -1.34. The lowest BCUT2D eigenvalue weighted by Gasteiger charge is -2.04. The third-order valence-corrected chi connectivity index (χ3v) is 2.85. The first-order valence-electron chi connectivity index (χ1n) is 5.99. The van der Waals surface area contributed by atoms with E-state index < -0.39 is 11.6 Å². The van der Waals surface area contributed by atoms with Gasteiger partial charge in [0, 0.05) is 6.42 Å². The second kappa shape index (κ2) is 5.48. The molecule has 0 aliphatic carbocycles. The lowest BCUT2D eigenvalue weighted by atomic mass is 10.00. The number of aromatic hydroxyl groups is 1. The summed E-state index contributed by atoms with van der Waals surface area (Å²) in [7, 11) is 0. The summed E-state index contributed by atoms with van der Waals surface area (Å²) in [5, 5.41) is 9.57. The van der Waals surface area contributed by atoms with E-state index in [2.05, 4.69) is 0 Å². The Hall–Kier alpha value is -2.42. The van der Waals surface area contributed by atoms with Crippen LogP contribution in [0.1, 0.15) is 21.5 Å². The van der Waals surface area contributed by atoms with Crippen LogP contribution in [0.2, 0.25) is 0 Å². The predicted molar refractivity (Wildman–Crippen MR) is 72.3 cm³/mol. The lowest BCUT2D eigenvalue weighted by Crippen LogP contribution is -2.16. The monoisotopic (exact) mass is 254 g/mol. The largest absolute Gasteiger partial charge is 0.507 e. The summed E-state index contributed by atoms with van der Waals surface area (Å²) in [6, 6.07) is 13.5. The van der Waals surface area contributed by atoms with Crippen LogP contribution in [0, 0.1) is 6.92 Å². The molecule has 0 spiro atoms. The number of benzene rings is 2. The van der Waals surface area contributed by atoms with Crippen LogP contribution in [-0.2, 0) is 11.2 Å². The lowest BCUT2D eigenvalue weighted by molar-refractivity contribution is -0.114. The first-order valence-corrected chi connectivity index (χ1v) is 5.99. The number of carbonyl (C=O) groups is 2. The van der Waals surface area contributed by atoms with Crippen molar-refractivity contribution in [2.24, 2.45) is 0 Å². The van der Waals surface area contributed by atoms with Gasteiger partial charge in [0.15, 0.2) is 0 Å². The zero-order valence-electron chi connectivity index (χ0n) is 10.6. The van der Waals surface area contributed by atoms with E-state index in [0.29, 0.717) is 0 Å². The van der Waals surface area contributed by atoms with Crippen LogP contribution in [-0.4, -0.2) is 16.7 Å². The second-order valence-electron chi connectivity index (χ2n) is 4.44. The molecule has 0 fully saturated rings. The van der Waals surface area contributed by atoms with Gasteiger partial charge in [0.2, 0.25) is 11.6 Å². The molecule has 2 aromatic carbocycles. The normalized spacial score (nSPS) is 10.2. The van der Waals surface area contributed by atoms with Crippen LogP contribution < -0.4 is 0 Å². The molecule has 0 aromatic heterocycles. The maximum atomic E-state index is 11.9. The third-order valence-electron chi connectivity index (χ3n) is 2.85. The number of hydrogen-bond acceptors (Lipinski definition) is 3. The van der Waals surface area contributed by atoms with E-state index in [1.807, 2.05) is 31.2 Å². The summed E-state index contributed by atoms with van der Waals surface area (Å²) >= 11 is 0. The predicted octanol–water partition coefficient (Wildman–Crippen LogP) is 2.70. The Morgan fingerprint density at radius 1 is 1.05 bits per heavy atom. The van der Waals surface area contributed by atoms with Gasteiger partial charge in [-0.25, -0.2) is 0 Å². The third kappa shape index (κ3) is 3.07. The van der Waals surface area contributed by atoms with Crippen LogP contribution in [0.5, 0.6) is 5.75 Å². The highest BCUT2D eigenvalue weighted by atomic mass is 16.3. The van der Waals surface area contributed by atoms with Gasteiger partial charge in [-0.3, -0.25) is 9.59 Å². The maximum absolute atomic E-state index is 11.9. The summed E-state index contributed by atoms with van der Waals surface area (Å²) in [5.41, 5.74) is 1.90. The minimum Gasteiger partial charge on any atom is -0.507 e. The van der Waals surface area contributed by atoms with E-state index in [1.165, 1.54) is 12.1 Å². The molecule has 3 heteroatoms. The SMILES string of the molecule is Cc1cccc(CC(=O)C(=O)c2ccccc2O)c1. The highest BCUT2D eigenvalue weighted by Gasteiger charge is 2.19. The molecule has 2 aromatic rings. The minimum atomic E-state index is -0.653. The molecule has 0 radical (unpaired) electrons. The van der Waals surface area contributed by atoms with Gasteiger partial charge in [-0.05, 0) is 24.6 Å². The van der Waals surface area contributed by atoms with E-state index in [0.717, 1.165) is 11.1 Å². The molecule has 3 nitrogen and oxygen atoms in total. The number of phenols is 1. The number of hydrogen-bond donors (Lipinski definition) is 1. The molecular weight excluding hydrogens is 240 g/mol. The maximum Gasteiger partial charge on any atom is 0.232 e. The molecule has 19 heavy (non-hydrogen) atoms. The topological polar surface area (TPSA) is 54.4 Å². The van der Waals surface area contributed by atoms with Gasteiger partial charge in [-0.1, -0.05) is 42.0 Å². The molecule has 0 amide bonds. The Labute approximate surface area is 111 Å². The van der Waals surface area contributed by atoms with Gasteiger partial charge in [-0.2, -0.15) is 0 Å². The molecule has 0 aliphatic rings. The Morgan fingerprint density at radius 3 is 2.47 bits per heavy atom. The number of carbonyl (C=O) groups excluding carboxylic acids is 2. The highest BCUT2D eigenvalue weighted by molar-refractivity contribution is 6.44. The quantitative estimate of drug-likeness (QED) is 0.674. The Morgan fingerprint density at radius 2 is 1.79 bits per heavy atom. The van der Waals surface area contributed by atoms with Crippen molar-refractivity contribution in [3.05, 3.63) is 65.2 Å². The summed E-state index contributed by atoms with van der Waals surface area (Å²) in [6.45, 7) is 1.93. The van der Waals surface area contributed by atoms with Crippen LogP contribution >= 0.6 is 0 Å². The van der Waals surface area contributed by atoms with Gasteiger partial charge < -0.3 is 5.11 Å². The smallest absolute Gasteiger partial charge is 0.232 e. The van der Waals surface area contributed by atoms with Crippen LogP contribution in [0.15, 0.2) is 48.5 Å². The van der Waals surface area contributed by atoms with E-state index >= 15 is 0 Å². The first-order chi connectivity index (χ1) is 9.08. The van der Waals surface area contributed by atoms with Crippen LogP contribution in [0.25, 0.3) is 0 Å². The highest BCUT2D eigenvalue weighted by Crippen LogP contribution is 2.17. The number of rotatable bonds is 4. The van der Waals surface area contributed by atoms with Gasteiger partial charge in [0.1, 0.15) is 5.75 Å². The average Bonchev–Trinajstić information content (AvgIpc) is 2.38. The molecule has 0 heterocycles. The molecular formula is C16H14O3. The molecule has 0 saturated carbocycles. The summed E-state index contributed by atoms with van der Waals surface area (Å²) in [6.07, 6.45) is 0.0504. The van der Waals surface area contributed by atoms with Gasteiger partial charge in [-0.15, -0.1) is 0 Å². The van der Waals surface area contributed by atoms with Gasteiger partial charge in [0.25, 0.3) is 0 Å². The van der Waals surface area contributed by atoms with Crippen molar-refractivity contribution in [1.29, 1.82) is 0 Å². The minimum absolute atomic E-state index is 0.0504. The van der Waals surface area contributed by atoms with Crippen molar-refractivity contribution in [2.75, 3.05) is 0 Å². The van der Waals surface area contributed by atoms with Gasteiger partial charge in [0.05, 0.1) is 5.56 Å². The molecule has 0 aliphatic heterocycles. The molecule has 0 bridgehead atoms. The number of ketones is 2. The Kier molecular flexibility index (Phi) is 3.76. The van der Waals surface area contributed by atoms with Crippen molar-refractivity contribution in [3.63, 3.8) is 0 Å². The van der Waals surface area contributed by atoms with Crippen molar-refractivity contribution in [2.45, 2.75) is 13.3 Å². The van der Waals surface area contributed by atoms with Gasteiger partial charge >= 0.3 is 0 Å². The molecule has 0 saturated heterocycles. The Bertz CT molecular complexity index is 629. The second-order valence-corrected chi connectivity index (χ2v) is 4.44. The first kappa shape index (κ1) is 13.0. The molecule has 96 valence electrons. The molecule has 1 N–H and O–H groups in total. The van der Waals surface area contributed by atoms with Crippen molar-refractivity contribution < 1.29 is 14.7 Å². The van der Waals surface area contributed by atoms with Crippen LogP contribution in [0.3, 0.4) is 0 Å². The number of Topliss-reactive ketones (excluding diaryl/α,β-unsaturated/α-hetero) is 2. The number of para-hydroxylation sites is 1. The number of phenolic OH excluding ortho intramolecular Hbond substituents is 1. The standard InChI is InChI=1S/C16H14O3/c1-11-5-4-6-12(9-11)10-15(18)16(19)13-7-2-3-8-14(13)17/h2-9,17H,10H2,1H3.